The van der Waals surface area contributed by atoms with Crippen molar-refractivity contribution in [3.63, 3.8) is 0 Å². The van der Waals surface area contributed by atoms with Crippen molar-refractivity contribution in [2.24, 2.45) is 0 Å². The lowest BCUT2D eigenvalue weighted by Gasteiger charge is -2.45. The monoisotopic (exact) mass is 1030 g/mol. The van der Waals surface area contributed by atoms with Gasteiger partial charge in [0.05, 0.1) is 11.1 Å². The van der Waals surface area contributed by atoms with Crippen LogP contribution in [0.5, 0.6) is 0 Å². The molecular formula is C76H64BN3. The van der Waals surface area contributed by atoms with Gasteiger partial charge < -0.3 is 14.7 Å². The number of fused-ring (bicyclic) bond motifs is 7. The number of hydrogen-bond donors (Lipinski definition) is 0. The Morgan fingerprint density at radius 1 is 0.375 bits per heavy atom. The Morgan fingerprint density at radius 2 is 0.912 bits per heavy atom. The Labute approximate surface area is 473 Å². The minimum absolute atomic E-state index is 0.0200. The fourth-order valence-corrected chi connectivity index (χ4v) is 13.5. The molecule has 11 aromatic rings. The van der Waals surface area contributed by atoms with Crippen LogP contribution < -0.4 is 31.1 Å². The van der Waals surface area contributed by atoms with E-state index in [9.17, 15) is 0 Å². The van der Waals surface area contributed by atoms with E-state index in [-0.39, 0.29) is 17.5 Å². The highest BCUT2D eigenvalue weighted by atomic mass is 15.2. The minimum atomic E-state index is -0.580. The normalized spacial score (nSPS) is 13.7. The van der Waals surface area contributed by atoms with Gasteiger partial charge in [0.2, 0.25) is 0 Å². The molecule has 80 heavy (non-hydrogen) atoms. The highest BCUT2D eigenvalue weighted by Gasteiger charge is 2.48. The molecule has 0 amide bonds. The van der Waals surface area contributed by atoms with E-state index >= 15 is 0 Å². The highest BCUT2D eigenvalue weighted by Crippen LogP contribution is 2.58. The molecule has 0 aromatic heterocycles. The summed E-state index contributed by atoms with van der Waals surface area (Å²) >= 11 is 0. The molecule has 3 aliphatic rings. The first-order chi connectivity index (χ1) is 38.9. The lowest BCUT2D eigenvalue weighted by Crippen LogP contribution is -2.61. The molecule has 0 spiro atoms. The molecule has 14 rings (SSSR count). The van der Waals surface area contributed by atoms with Gasteiger partial charge in [-0.3, -0.25) is 0 Å². The van der Waals surface area contributed by atoms with Gasteiger partial charge in [0, 0.05) is 51.1 Å². The third-order valence-corrected chi connectivity index (χ3v) is 17.3. The maximum Gasteiger partial charge on any atom is 0.252 e. The van der Waals surface area contributed by atoms with Gasteiger partial charge in [0.1, 0.15) is 0 Å². The van der Waals surface area contributed by atoms with Crippen molar-refractivity contribution in [3.05, 3.63) is 300 Å². The number of nitrogens with zero attached hydrogens (tertiary/aromatic N) is 3. The predicted molar refractivity (Wildman–Crippen MR) is 340 cm³/mol. The number of anilines is 9. The summed E-state index contributed by atoms with van der Waals surface area (Å²) in [4.78, 5) is 7.64. The van der Waals surface area contributed by atoms with Crippen molar-refractivity contribution >= 4 is 74.3 Å². The fraction of sp³-hybridized carbons (Fsp3) is 0.132. The van der Waals surface area contributed by atoms with Gasteiger partial charge >= 0.3 is 0 Å². The van der Waals surface area contributed by atoms with E-state index in [0.717, 1.165) is 34.1 Å². The third-order valence-electron chi connectivity index (χ3n) is 17.3. The first-order valence-electron chi connectivity index (χ1n) is 28.4. The van der Waals surface area contributed by atoms with Crippen molar-refractivity contribution in [1.29, 1.82) is 0 Å². The molecule has 1 aliphatic carbocycles. The van der Waals surface area contributed by atoms with E-state index in [0.29, 0.717) is 0 Å². The first kappa shape index (κ1) is 49.2. The molecule has 0 atom stereocenters. The van der Waals surface area contributed by atoms with Gasteiger partial charge in [-0.25, -0.2) is 0 Å². The van der Waals surface area contributed by atoms with Gasteiger partial charge in [0.25, 0.3) is 6.71 Å². The molecule has 4 heteroatoms. The van der Waals surface area contributed by atoms with Gasteiger partial charge in [0.15, 0.2) is 0 Å². The van der Waals surface area contributed by atoms with Crippen LogP contribution in [0.1, 0.15) is 80.5 Å². The second kappa shape index (κ2) is 18.8. The summed E-state index contributed by atoms with van der Waals surface area (Å²) in [5, 5.41) is 0. The summed E-state index contributed by atoms with van der Waals surface area (Å²) in [5.41, 5.74) is 27.4. The molecule has 3 nitrogen and oxygen atoms in total. The molecule has 0 unspecified atom stereocenters. The highest BCUT2D eigenvalue weighted by molar-refractivity contribution is 7.00. The summed E-state index contributed by atoms with van der Waals surface area (Å²) in [6.45, 7) is 16.1. The van der Waals surface area contributed by atoms with Crippen LogP contribution >= 0.6 is 0 Å². The molecular weight excluding hydrogens is 966 g/mol. The van der Waals surface area contributed by atoms with Gasteiger partial charge in [-0.2, -0.15) is 0 Å². The topological polar surface area (TPSA) is 9.72 Å². The SMILES string of the molecule is Cc1cc2c3c(c1)N(c1ccc4c(c1)C(c1ccccc1)(c1ccccc1)c1ccccc1-4)c1cc(N(c4ccccc4)c4ccccc4-c4ccccc4)ccc1B3c1cc(C(C)(C)C)ccc1N2c1ccc(C(C)(C)C)cc1. The van der Waals surface area contributed by atoms with Crippen LogP contribution in [0.2, 0.25) is 0 Å². The van der Waals surface area contributed by atoms with Crippen molar-refractivity contribution in [1.82, 2.24) is 0 Å². The van der Waals surface area contributed by atoms with Gasteiger partial charge in [-0.1, -0.05) is 230 Å². The molecule has 0 saturated heterocycles. The number of hydrogen-bond acceptors (Lipinski definition) is 3. The van der Waals surface area contributed by atoms with Crippen LogP contribution in [0.15, 0.2) is 261 Å². The number of para-hydroxylation sites is 2. The second-order valence-corrected chi connectivity index (χ2v) is 24.2. The Balaban J connectivity index is 1.08. The molecule has 2 heterocycles. The van der Waals surface area contributed by atoms with Crippen molar-refractivity contribution in [3.8, 4) is 22.3 Å². The summed E-state index contributed by atoms with van der Waals surface area (Å²) in [6, 6.07) is 98.3. The van der Waals surface area contributed by atoms with E-state index in [1.54, 1.807) is 0 Å². The Morgan fingerprint density at radius 3 is 1.56 bits per heavy atom. The van der Waals surface area contributed by atoms with Crippen LogP contribution in [-0.2, 0) is 16.2 Å². The fourth-order valence-electron chi connectivity index (χ4n) is 13.5. The Bertz CT molecular complexity index is 4120. The molecule has 386 valence electrons. The average Bonchev–Trinajstić information content (AvgIpc) is 3.94. The summed E-state index contributed by atoms with van der Waals surface area (Å²) in [6.07, 6.45) is 0. The van der Waals surface area contributed by atoms with Crippen LogP contribution in [0.3, 0.4) is 0 Å². The average molecular weight is 1030 g/mol. The van der Waals surface area contributed by atoms with E-state index < -0.39 is 5.41 Å². The summed E-state index contributed by atoms with van der Waals surface area (Å²) < 4.78 is 0. The van der Waals surface area contributed by atoms with E-state index in [1.807, 2.05) is 0 Å². The van der Waals surface area contributed by atoms with Crippen molar-refractivity contribution in [2.75, 3.05) is 14.7 Å². The van der Waals surface area contributed by atoms with Crippen LogP contribution in [0.4, 0.5) is 51.2 Å². The zero-order valence-corrected chi connectivity index (χ0v) is 46.7. The maximum absolute atomic E-state index is 2.62. The van der Waals surface area contributed by atoms with Crippen molar-refractivity contribution < 1.29 is 0 Å². The molecule has 0 radical (unpaired) electrons. The van der Waals surface area contributed by atoms with Crippen molar-refractivity contribution in [2.45, 2.75) is 64.7 Å². The van der Waals surface area contributed by atoms with E-state index in [1.165, 1.54) is 94.6 Å². The number of rotatable bonds is 8. The quantitative estimate of drug-likeness (QED) is 0.140. The number of benzene rings is 11. The second-order valence-electron chi connectivity index (χ2n) is 24.2. The lowest BCUT2D eigenvalue weighted by molar-refractivity contribution is 0.590. The minimum Gasteiger partial charge on any atom is -0.311 e. The summed E-state index contributed by atoms with van der Waals surface area (Å²) in [5.74, 6) is 0. The van der Waals surface area contributed by atoms with Gasteiger partial charge in [-0.15, -0.1) is 0 Å². The van der Waals surface area contributed by atoms with Crippen LogP contribution in [0.25, 0.3) is 22.3 Å². The molecule has 0 N–H and O–H groups in total. The third kappa shape index (κ3) is 7.79. The molecule has 0 fully saturated rings. The lowest BCUT2D eigenvalue weighted by atomic mass is 9.33. The van der Waals surface area contributed by atoms with E-state index in [2.05, 4.69) is 324 Å². The summed E-state index contributed by atoms with van der Waals surface area (Å²) in [7, 11) is 0. The Kier molecular flexibility index (Phi) is 11.5. The molecule has 0 bridgehead atoms. The van der Waals surface area contributed by atoms with Gasteiger partial charge in [-0.05, 0) is 163 Å². The smallest absolute Gasteiger partial charge is 0.252 e. The standard InChI is InChI=1S/C76H64BN3/c1-51-46-71-73-72(47-51)80(59-41-43-63-62-33-20-22-34-64(62)76(65(63)49-59,54-26-14-9-15-27-54)55-28-16-10-17-29-55)70-50-60(78(57-30-18-11-19-31-57)68-35-23-21-32-61(68)52-24-12-8-13-25-52)42-44-66(70)77(73)67-48-56(75(5,6)7)38-45-69(67)79(71)58-39-36-53(37-40-58)74(2,3)4/h8-50H,1-7H3. The predicted octanol–water partition coefficient (Wildman–Crippen LogP) is 18.2. The largest absolute Gasteiger partial charge is 0.311 e. The van der Waals surface area contributed by atoms with Crippen LogP contribution in [0, 0.1) is 6.92 Å². The molecule has 2 aliphatic heterocycles. The zero-order chi connectivity index (χ0) is 54.5. The molecule has 11 aromatic carbocycles. The Hall–Kier alpha value is -9.12. The van der Waals surface area contributed by atoms with E-state index in [4.69, 9.17) is 0 Å². The number of aryl methyl sites for hydroxylation is 1. The maximum atomic E-state index is 2.62. The zero-order valence-electron chi connectivity index (χ0n) is 46.7. The van der Waals surface area contributed by atoms with Crippen LogP contribution in [-0.4, -0.2) is 6.71 Å². The first-order valence-corrected chi connectivity index (χ1v) is 28.4. The molecule has 0 saturated carbocycles.